The Balaban J connectivity index is 2.81. The smallest absolute Gasteiger partial charge is 0.338 e. The second-order valence-electron chi connectivity index (χ2n) is 5.09. The van der Waals surface area contributed by atoms with Crippen molar-refractivity contribution in [1.29, 1.82) is 5.26 Å². The molecule has 1 atom stereocenters. The zero-order valence-corrected chi connectivity index (χ0v) is 14.6. The monoisotopic (exact) mass is 366 g/mol. The molecule has 0 bridgehead atoms. The van der Waals surface area contributed by atoms with Crippen molar-refractivity contribution >= 4 is 17.6 Å². The molecule has 132 valence electrons. The van der Waals surface area contributed by atoms with Crippen LogP contribution in [0.4, 0.5) is 4.39 Å². The van der Waals surface area contributed by atoms with E-state index in [1.807, 2.05) is 6.07 Å². The van der Waals surface area contributed by atoms with Gasteiger partial charge in [-0.2, -0.15) is 5.26 Å². The Hall–Kier alpha value is -2.72. The summed E-state index contributed by atoms with van der Waals surface area (Å²) in [4.78, 5) is 12.4. The number of carbonyl (C=O) groups excluding carboxylic acids is 1. The largest absolute Gasteiger partial charge is 0.496 e. The standard InChI is InChI=1S/C17H16ClFN2O4/c1-4-24-17(22)12-8(2)25-16(21)9(7-20)13(12)14-11(23-3)6-5-10(19)15(14)18/h5-6,13H,4,21H2,1-3H3. The molecular weight excluding hydrogens is 351 g/mol. The average molecular weight is 367 g/mol. The molecule has 0 saturated heterocycles. The van der Waals surface area contributed by atoms with Crippen molar-refractivity contribution < 1.29 is 23.4 Å². The minimum Gasteiger partial charge on any atom is -0.496 e. The number of nitrogens with two attached hydrogens (primary N) is 1. The molecule has 1 unspecified atom stereocenters. The summed E-state index contributed by atoms with van der Waals surface area (Å²) in [5.41, 5.74) is 5.83. The van der Waals surface area contributed by atoms with E-state index in [4.69, 9.17) is 31.5 Å². The lowest BCUT2D eigenvalue weighted by Crippen LogP contribution is -2.26. The van der Waals surface area contributed by atoms with Crippen molar-refractivity contribution in [2.24, 2.45) is 5.73 Å². The normalized spacial score (nSPS) is 17.0. The van der Waals surface area contributed by atoms with Crippen LogP contribution in [0.5, 0.6) is 5.75 Å². The van der Waals surface area contributed by atoms with Gasteiger partial charge in [-0.15, -0.1) is 0 Å². The fourth-order valence-corrected chi connectivity index (χ4v) is 2.90. The predicted molar refractivity (Wildman–Crippen MR) is 87.9 cm³/mol. The number of ether oxygens (including phenoxy) is 3. The number of halogens is 2. The van der Waals surface area contributed by atoms with Crippen molar-refractivity contribution in [3.05, 3.63) is 51.3 Å². The number of rotatable bonds is 4. The third kappa shape index (κ3) is 3.26. The van der Waals surface area contributed by atoms with Gasteiger partial charge in [0.15, 0.2) is 0 Å². The molecule has 1 aromatic rings. The van der Waals surface area contributed by atoms with Crippen LogP contribution in [0.2, 0.25) is 5.02 Å². The van der Waals surface area contributed by atoms with Gasteiger partial charge in [0.2, 0.25) is 5.88 Å². The van der Waals surface area contributed by atoms with Crippen LogP contribution < -0.4 is 10.5 Å². The van der Waals surface area contributed by atoms with E-state index >= 15 is 0 Å². The van der Waals surface area contributed by atoms with E-state index in [0.29, 0.717) is 0 Å². The fraction of sp³-hybridized carbons (Fsp3) is 0.294. The maximum absolute atomic E-state index is 14.1. The highest BCUT2D eigenvalue weighted by Crippen LogP contribution is 2.46. The molecule has 2 N–H and O–H groups in total. The van der Waals surface area contributed by atoms with Crippen LogP contribution in [0.25, 0.3) is 0 Å². The number of hydrogen-bond acceptors (Lipinski definition) is 6. The summed E-state index contributed by atoms with van der Waals surface area (Å²) in [7, 11) is 1.37. The highest BCUT2D eigenvalue weighted by atomic mass is 35.5. The van der Waals surface area contributed by atoms with E-state index in [0.717, 1.165) is 6.07 Å². The van der Waals surface area contributed by atoms with Gasteiger partial charge >= 0.3 is 5.97 Å². The van der Waals surface area contributed by atoms with Crippen LogP contribution in [-0.4, -0.2) is 19.7 Å². The van der Waals surface area contributed by atoms with Crippen LogP contribution in [0.1, 0.15) is 25.3 Å². The number of hydrogen-bond donors (Lipinski definition) is 1. The lowest BCUT2D eigenvalue weighted by molar-refractivity contribution is -0.139. The summed E-state index contributed by atoms with van der Waals surface area (Å²) < 4.78 is 29.7. The molecule has 6 nitrogen and oxygen atoms in total. The maximum Gasteiger partial charge on any atom is 0.338 e. The summed E-state index contributed by atoms with van der Waals surface area (Å²) in [6, 6.07) is 4.38. The van der Waals surface area contributed by atoms with E-state index in [2.05, 4.69) is 0 Å². The molecule has 1 heterocycles. The first kappa shape index (κ1) is 18.6. The van der Waals surface area contributed by atoms with Crippen LogP contribution in [0, 0.1) is 17.1 Å². The number of esters is 1. The highest BCUT2D eigenvalue weighted by Gasteiger charge is 2.39. The number of benzene rings is 1. The van der Waals surface area contributed by atoms with Crippen LogP contribution in [0.15, 0.2) is 34.9 Å². The molecule has 1 aliphatic heterocycles. The zero-order valence-electron chi connectivity index (χ0n) is 13.9. The van der Waals surface area contributed by atoms with E-state index in [1.54, 1.807) is 6.92 Å². The Kier molecular flexibility index (Phi) is 5.55. The van der Waals surface area contributed by atoms with Crippen molar-refractivity contribution in [1.82, 2.24) is 0 Å². The number of methoxy groups -OCH3 is 1. The molecule has 1 aliphatic rings. The molecule has 1 aromatic carbocycles. The van der Waals surface area contributed by atoms with Gasteiger partial charge in [0.25, 0.3) is 0 Å². The molecule has 0 aromatic heterocycles. The Morgan fingerprint density at radius 2 is 2.20 bits per heavy atom. The Morgan fingerprint density at radius 3 is 2.76 bits per heavy atom. The Labute approximate surface area is 149 Å². The van der Waals surface area contributed by atoms with E-state index in [-0.39, 0.29) is 45.7 Å². The second kappa shape index (κ2) is 7.45. The van der Waals surface area contributed by atoms with E-state index in [9.17, 15) is 14.4 Å². The second-order valence-corrected chi connectivity index (χ2v) is 5.47. The van der Waals surface area contributed by atoms with Gasteiger partial charge in [-0.1, -0.05) is 11.6 Å². The Bertz CT molecular complexity index is 827. The predicted octanol–water partition coefficient (Wildman–Crippen LogP) is 3.13. The third-order valence-electron chi connectivity index (χ3n) is 3.70. The van der Waals surface area contributed by atoms with Gasteiger partial charge in [0.1, 0.15) is 29.0 Å². The average Bonchev–Trinajstić information content (AvgIpc) is 2.56. The van der Waals surface area contributed by atoms with Crippen molar-refractivity contribution in [3.63, 3.8) is 0 Å². The van der Waals surface area contributed by atoms with Gasteiger partial charge in [0, 0.05) is 5.56 Å². The molecule has 2 rings (SSSR count). The number of allylic oxidation sites excluding steroid dienone is 2. The van der Waals surface area contributed by atoms with Gasteiger partial charge in [0.05, 0.1) is 30.2 Å². The number of carbonyl (C=O) groups is 1. The summed E-state index contributed by atoms with van der Waals surface area (Å²) in [5, 5.41) is 9.24. The summed E-state index contributed by atoms with van der Waals surface area (Å²) >= 11 is 6.13. The highest BCUT2D eigenvalue weighted by molar-refractivity contribution is 6.32. The van der Waals surface area contributed by atoms with Crippen molar-refractivity contribution in [2.75, 3.05) is 13.7 Å². The van der Waals surface area contributed by atoms with Gasteiger partial charge in [-0.05, 0) is 26.0 Å². The summed E-state index contributed by atoms with van der Waals surface area (Å²) in [6.07, 6.45) is 0. The van der Waals surface area contributed by atoms with Crippen LogP contribution >= 0.6 is 11.6 Å². The van der Waals surface area contributed by atoms with Crippen LogP contribution in [-0.2, 0) is 14.3 Å². The van der Waals surface area contributed by atoms with Gasteiger partial charge in [-0.3, -0.25) is 0 Å². The molecule has 0 fully saturated rings. The topological polar surface area (TPSA) is 94.6 Å². The van der Waals surface area contributed by atoms with Gasteiger partial charge < -0.3 is 19.9 Å². The fourth-order valence-electron chi connectivity index (χ4n) is 2.64. The Morgan fingerprint density at radius 1 is 1.52 bits per heavy atom. The molecule has 0 amide bonds. The number of nitriles is 1. The molecule has 0 saturated carbocycles. The lowest BCUT2D eigenvalue weighted by atomic mass is 9.82. The molecule has 0 aliphatic carbocycles. The summed E-state index contributed by atoms with van der Waals surface area (Å²) in [6.45, 7) is 3.25. The molecule has 8 heteroatoms. The molecule has 25 heavy (non-hydrogen) atoms. The molecular formula is C17H16ClFN2O4. The maximum atomic E-state index is 14.1. The molecule has 0 radical (unpaired) electrons. The summed E-state index contributed by atoms with van der Waals surface area (Å²) in [5.74, 6) is -2.36. The quantitative estimate of drug-likeness (QED) is 0.822. The SMILES string of the molecule is CCOC(=O)C1=C(C)OC(N)=C(C#N)C1c1c(OC)ccc(F)c1Cl. The first-order valence-corrected chi connectivity index (χ1v) is 7.72. The van der Waals surface area contributed by atoms with Crippen molar-refractivity contribution in [3.8, 4) is 11.8 Å². The minimum atomic E-state index is -1.07. The van der Waals surface area contributed by atoms with E-state index in [1.165, 1.54) is 20.1 Å². The number of nitrogens with zero attached hydrogens (tertiary/aromatic N) is 1. The van der Waals surface area contributed by atoms with Crippen LogP contribution in [0.3, 0.4) is 0 Å². The van der Waals surface area contributed by atoms with E-state index < -0.39 is 17.7 Å². The lowest BCUT2D eigenvalue weighted by Gasteiger charge is -2.28. The minimum absolute atomic E-state index is 0.0124. The first-order chi connectivity index (χ1) is 11.9. The zero-order chi connectivity index (χ0) is 18.7. The van der Waals surface area contributed by atoms with Crippen molar-refractivity contribution in [2.45, 2.75) is 19.8 Å². The van der Waals surface area contributed by atoms with Gasteiger partial charge in [-0.25, -0.2) is 9.18 Å². The third-order valence-corrected chi connectivity index (χ3v) is 4.09. The first-order valence-electron chi connectivity index (χ1n) is 7.34. The molecule has 0 spiro atoms.